The molecule has 0 spiro atoms. The van der Waals surface area contributed by atoms with E-state index in [4.69, 9.17) is 0 Å². The molecule has 3 aromatic rings. The summed E-state index contributed by atoms with van der Waals surface area (Å²) in [6.07, 6.45) is 3.42. The van der Waals surface area contributed by atoms with Gasteiger partial charge < -0.3 is 14.7 Å². The molecule has 5 aliphatic rings. The highest BCUT2D eigenvalue weighted by Crippen LogP contribution is 2.41. The van der Waals surface area contributed by atoms with Crippen molar-refractivity contribution in [2.45, 2.75) is 143 Å². The van der Waals surface area contributed by atoms with Crippen LogP contribution in [0.4, 0.5) is 4.39 Å². The van der Waals surface area contributed by atoms with Crippen LogP contribution in [0, 0.1) is 5.82 Å². The number of fused-ring (bicyclic) bond motifs is 3. The number of aryl methyl sites for hydroxylation is 1. The lowest BCUT2D eigenvalue weighted by molar-refractivity contribution is -0.138. The van der Waals surface area contributed by atoms with Gasteiger partial charge in [-0.3, -0.25) is 59.1 Å². The smallest absolute Gasteiger partial charge is 0.255 e. The third kappa shape index (κ3) is 9.62. The molecule has 4 atom stereocenters. The lowest BCUT2D eigenvalue weighted by Gasteiger charge is -2.33. The number of benzene rings is 3. The SMILES string of the molecule is CC(C)c1cccc2c1C(C)N(C1CCC(=O)NC1=O)C2=O.CCCC(C(=O)NC=O)N1Cc2cccc(C(C)C)c2C1=O.CCc1cc2c(cc1F)C(=O)N(C1CCC(=O)NC1=O)C2. The van der Waals surface area contributed by atoms with Gasteiger partial charge in [0.25, 0.3) is 17.7 Å². The maximum absolute atomic E-state index is 13.8. The second-order valence-electron chi connectivity index (χ2n) is 17.6. The van der Waals surface area contributed by atoms with Crippen molar-refractivity contribution >= 4 is 53.7 Å². The fourth-order valence-electron chi connectivity index (χ4n) is 9.46. The first-order valence-corrected chi connectivity index (χ1v) is 22.4. The van der Waals surface area contributed by atoms with Crippen LogP contribution in [0.1, 0.15) is 169 Å². The molecule has 5 heterocycles. The molecule has 2 saturated heterocycles. The second kappa shape index (κ2) is 20.1. The van der Waals surface area contributed by atoms with Gasteiger partial charge in [0.15, 0.2) is 0 Å². The maximum Gasteiger partial charge on any atom is 0.255 e. The summed E-state index contributed by atoms with van der Waals surface area (Å²) < 4.78 is 13.8. The van der Waals surface area contributed by atoms with E-state index in [1.807, 2.05) is 71.0 Å². The molecule has 2 fully saturated rings. The zero-order chi connectivity index (χ0) is 47.4. The molecular weight excluding hydrogens is 836 g/mol. The van der Waals surface area contributed by atoms with Gasteiger partial charge >= 0.3 is 0 Å². The third-order valence-corrected chi connectivity index (χ3v) is 12.7. The van der Waals surface area contributed by atoms with Crippen molar-refractivity contribution in [3.05, 3.63) is 104 Å². The van der Waals surface area contributed by atoms with Crippen LogP contribution in [0.2, 0.25) is 0 Å². The number of imide groups is 3. The predicted molar refractivity (Wildman–Crippen MR) is 236 cm³/mol. The molecular formula is C49H57FN6O9. The van der Waals surface area contributed by atoms with Gasteiger partial charge in [0.2, 0.25) is 35.9 Å². The van der Waals surface area contributed by atoms with Gasteiger partial charge in [-0.1, -0.05) is 84.4 Å². The molecule has 3 aromatic carbocycles. The average molecular weight is 893 g/mol. The minimum absolute atomic E-state index is 0.112. The summed E-state index contributed by atoms with van der Waals surface area (Å²) in [6, 6.07) is 12.6. The van der Waals surface area contributed by atoms with Crippen molar-refractivity contribution in [1.82, 2.24) is 30.7 Å². The van der Waals surface area contributed by atoms with Crippen LogP contribution >= 0.6 is 0 Å². The highest BCUT2D eigenvalue weighted by Gasteiger charge is 2.44. The summed E-state index contributed by atoms with van der Waals surface area (Å²) in [4.78, 5) is 112. The van der Waals surface area contributed by atoms with E-state index in [0.29, 0.717) is 61.2 Å². The Morgan fingerprint density at radius 1 is 0.785 bits per heavy atom. The number of nitrogens with zero attached hydrogens (tertiary/aromatic N) is 3. The Morgan fingerprint density at radius 2 is 1.40 bits per heavy atom. The molecule has 8 rings (SSSR count). The van der Waals surface area contributed by atoms with Crippen molar-refractivity contribution < 1.29 is 47.5 Å². The summed E-state index contributed by atoms with van der Waals surface area (Å²) in [6.45, 7) is 14.8. The van der Waals surface area contributed by atoms with Crippen LogP contribution < -0.4 is 16.0 Å². The first kappa shape index (κ1) is 47.9. The number of hydrogen-bond acceptors (Lipinski definition) is 9. The van der Waals surface area contributed by atoms with E-state index >= 15 is 0 Å². The number of amides is 9. The van der Waals surface area contributed by atoms with Gasteiger partial charge in [-0.05, 0) is 90.0 Å². The molecule has 0 bridgehead atoms. The summed E-state index contributed by atoms with van der Waals surface area (Å²) in [5, 5.41) is 6.76. The van der Waals surface area contributed by atoms with E-state index in [0.717, 1.165) is 39.8 Å². The summed E-state index contributed by atoms with van der Waals surface area (Å²) in [5.41, 5.74) is 7.15. The number of halogens is 1. The Kier molecular flexibility index (Phi) is 14.8. The Labute approximate surface area is 377 Å². The predicted octanol–water partition coefficient (Wildman–Crippen LogP) is 5.49. The summed E-state index contributed by atoms with van der Waals surface area (Å²) >= 11 is 0. The zero-order valence-corrected chi connectivity index (χ0v) is 37.9. The topological polar surface area (TPSA) is 199 Å². The van der Waals surface area contributed by atoms with E-state index in [9.17, 15) is 47.5 Å². The number of carbonyl (C=O) groups excluding carboxylic acids is 9. The minimum Gasteiger partial charge on any atom is -0.322 e. The largest absolute Gasteiger partial charge is 0.322 e. The van der Waals surface area contributed by atoms with Gasteiger partial charge in [0, 0.05) is 42.6 Å². The highest BCUT2D eigenvalue weighted by atomic mass is 19.1. The first-order chi connectivity index (χ1) is 30.9. The molecule has 5 aliphatic heterocycles. The van der Waals surface area contributed by atoms with Crippen molar-refractivity contribution in [3.8, 4) is 0 Å². The first-order valence-electron chi connectivity index (χ1n) is 22.4. The number of rotatable bonds is 10. The van der Waals surface area contributed by atoms with E-state index in [1.54, 1.807) is 15.9 Å². The molecule has 16 heteroatoms. The van der Waals surface area contributed by atoms with Crippen LogP contribution in [0.3, 0.4) is 0 Å². The molecule has 9 amide bonds. The Hall–Kier alpha value is -6.58. The standard InChI is InChI=1S/C17H20N2O3.C17H22N2O3.C15H15FN2O3/c1-9(2)11-5-4-6-12-15(11)10(3)19(17(12)22)13-7-8-14(20)18-16(13)21;1-4-6-14(16(21)18-10-20)19-9-12-7-5-8-13(11(2)3)15(12)17(19)22;1-2-8-5-9-7-18(15(21)10(9)6-11(8)16)12-3-4-13(19)17-14(12)20/h4-6,9-10,13H,7-8H2,1-3H3,(H,18,20,21);5,7-8,10-11,14H,4,6,9H2,1-3H3,(H,18,20,21);5-6,12H,2-4,7H2,1H3,(H,17,19,20). The number of carbonyl (C=O) groups is 9. The van der Waals surface area contributed by atoms with Crippen LogP contribution in [0.15, 0.2) is 48.5 Å². The van der Waals surface area contributed by atoms with Gasteiger partial charge in [-0.2, -0.15) is 0 Å². The Bertz CT molecular complexity index is 2440. The molecule has 344 valence electrons. The molecule has 4 unspecified atom stereocenters. The molecule has 0 saturated carbocycles. The van der Waals surface area contributed by atoms with Crippen LogP contribution in [-0.4, -0.2) is 86.5 Å². The van der Waals surface area contributed by atoms with E-state index < -0.39 is 35.8 Å². The fourth-order valence-corrected chi connectivity index (χ4v) is 9.46. The number of nitrogens with one attached hydrogen (secondary N) is 3. The third-order valence-electron chi connectivity index (χ3n) is 12.7. The Morgan fingerprint density at radius 3 is 1.98 bits per heavy atom. The lowest BCUT2D eigenvalue weighted by atomic mass is 9.91. The monoisotopic (exact) mass is 892 g/mol. The Balaban J connectivity index is 0.000000162. The second-order valence-corrected chi connectivity index (χ2v) is 17.6. The van der Waals surface area contributed by atoms with Crippen LogP contribution in [-0.2, 0) is 48.3 Å². The zero-order valence-electron chi connectivity index (χ0n) is 37.9. The lowest BCUT2D eigenvalue weighted by Crippen LogP contribution is -2.53. The van der Waals surface area contributed by atoms with Gasteiger partial charge in [0.05, 0.1) is 6.04 Å². The molecule has 15 nitrogen and oxygen atoms in total. The van der Waals surface area contributed by atoms with Gasteiger partial charge in [0.1, 0.15) is 23.9 Å². The summed E-state index contributed by atoms with van der Waals surface area (Å²) in [5.74, 6) is -2.23. The van der Waals surface area contributed by atoms with Gasteiger partial charge in [-0.15, -0.1) is 0 Å². The molecule has 3 N–H and O–H groups in total. The molecule has 0 radical (unpaired) electrons. The van der Waals surface area contributed by atoms with E-state index in [2.05, 4.69) is 29.8 Å². The molecule has 0 aromatic heterocycles. The van der Waals surface area contributed by atoms with E-state index in [1.165, 1.54) is 11.0 Å². The van der Waals surface area contributed by atoms with Crippen molar-refractivity contribution in [2.75, 3.05) is 0 Å². The van der Waals surface area contributed by atoms with Crippen molar-refractivity contribution in [3.63, 3.8) is 0 Å². The average Bonchev–Trinajstić information content (AvgIpc) is 3.86. The normalized spacial score (nSPS) is 20.4. The number of hydrogen-bond donors (Lipinski definition) is 3. The van der Waals surface area contributed by atoms with Crippen molar-refractivity contribution in [2.24, 2.45) is 0 Å². The van der Waals surface area contributed by atoms with Crippen LogP contribution in [0.25, 0.3) is 0 Å². The van der Waals surface area contributed by atoms with Crippen LogP contribution in [0.5, 0.6) is 0 Å². The quantitative estimate of drug-likeness (QED) is 0.174. The highest BCUT2D eigenvalue weighted by molar-refractivity contribution is 6.07. The molecule has 0 aliphatic carbocycles. The van der Waals surface area contributed by atoms with Gasteiger partial charge in [-0.25, -0.2) is 4.39 Å². The number of piperidine rings is 2. The van der Waals surface area contributed by atoms with Crippen molar-refractivity contribution in [1.29, 1.82) is 0 Å². The fraction of sp³-hybridized carbons (Fsp3) is 0.449. The summed E-state index contributed by atoms with van der Waals surface area (Å²) in [7, 11) is 0. The minimum atomic E-state index is -0.657. The molecule has 65 heavy (non-hydrogen) atoms. The van der Waals surface area contributed by atoms with E-state index in [-0.39, 0.29) is 66.8 Å². The maximum atomic E-state index is 13.8.